The minimum absolute atomic E-state index is 1.19. The molecule has 0 N–H and O–H groups in total. The molecule has 0 saturated carbocycles. The van der Waals surface area contributed by atoms with Gasteiger partial charge in [0.1, 0.15) is 0 Å². The highest BCUT2D eigenvalue weighted by atomic mass is 14.1. The molecule has 0 nitrogen and oxygen atoms in total. The van der Waals surface area contributed by atoms with Crippen molar-refractivity contribution >= 4 is 0 Å². The van der Waals surface area contributed by atoms with Gasteiger partial charge in [0, 0.05) is 0 Å². The zero-order valence-electron chi connectivity index (χ0n) is 8.87. The summed E-state index contributed by atoms with van der Waals surface area (Å²) in [6, 6.07) is 0. The van der Waals surface area contributed by atoms with Gasteiger partial charge in [-0.3, -0.25) is 0 Å². The molecule has 0 spiro atoms. The van der Waals surface area contributed by atoms with E-state index in [1.807, 2.05) is 19.1 Å². The van der Waals surface area contributed by atoms with Gasteiger partial charge in [0.25, 0.3) is 0 Å². The Morgan fingerprint density at radius 3 is 2.86 bits per heavy atom. The summed E-state index contributed by atoms with van der Waals surface area (Å²) in [4.78, 5) is 0. The van der Waals surface area contributed by atoms with Crippen LogP contribution in [0.2, 0.25) is 0 Å². The minimum Gasteiger partial charge on any atom is -0.0991 e. The molecule has 14 heavy (non-hydrogen) atoms. The van der Waals surface area contributed by atoms with Crippen LogP contribution in [0.25, 0.3) is 0 Å². The van der Waals surface area contributed by atoms with Crippen molar-refractivity contribution in [2.24, 2.45) is 0 Å². The number of allylic oxidation sites excluding steroid dienone is 9. The molecule has 0 radical (unpaired) electrons. The van der Waals surface area contributed by atoms with Crippen LogP contribution in [-0.2, 0) is 0 Å². The largest absolute Gasteiger partial charge is 0.0991 e. The average molecular weight is 186 g/mol. The second kappa shape index (κ2) is 6.20. The van der Waals surface area contributed by atoms with Crippen molar-refractivity contribution in [1.29, 1.82) is 0 Å². The van der Waals surface area contributed by atoms with E-state index in [9.17, 15) is 0 Å². The fourth-order valence-electron chi connectivity index (χ4n) is 1.55. The monoisotopic (exact) mass is 186 g/mol. The average Bonchev–Trinajstić information content (AvgIpc) is 2.24. The van der Waals surface area contributed by atoms with E-state index in [1.54, 1.807) is 0 Å². The molecule has 0 fully saturated rings. The van der Waals surface area contributed by atoms with E-state index in [0.29, 0.717) is 0 Å². The summed E-state index contributed by atoms with van der Waals surface area (Å²) in [6.45, 7) is 5.72. The Kier molecular flexibility index (Phi) is 4.77. The van der Waals surface area contributed by atoms with Crippen molar-refractivity contribution in [1.82, 2.24) is 0 Å². The van der Waals surface area contributed by atoms with Gasteiger partial charge in [-0.2, -0.15) is 0 Å². The van der Waals surface area contributed by atoms with Crippen LogP contribution in [-0.4, -0.2) is 0 Å². The first-order valence-corrected chi connectivity index (χ1v) is 5.18. The molecule has 0 heteroatoms. The SMILES string of the molecule is C=C/C=C/C1=CC(=C/C=C/C)/CCC1. The van der Waals surface area contributed by atoms with E-state index in [0.717, 1.165) is 0 Å². The van der Waals surface area contributed by atoms with Gasteiger partial charge >= 0.3 is 0 Å². The highest BCUT2D eigenvalue weighted by molar-refractivity contribution is 5.35. The van der Waals surface area contributed by atoms with Gasteiger partial charge in [-0.1, -0.05) is 49.1 Å². The molecule has 1 rings (SSSR count). The van der Waals surface area contributed by atoms with E-state index >= 15 is 0 Å². The van der Waals surface area contributed by atoms with Crippen LogP contribution in [0.15, 0.2) is 60.3 Å². The fourth-order valence-corrected chi connectivity index (χ4v) is 1.55. The lowest BCUT2D eigenvalue weighted by Gasteiger charge is -2.11. The van der Waals surface area contributed by atoms with Gasteiger partial charge < -0.3 is 0 Å². The first kappa shape index (κ1) is 10.8. The molecular weight excluding hydrogens is 168 g/mol. The molecule has 0 bridgehead atoms. The van der Waals surface area contributed by atoms with Gasteiger partial charge in [-0.15, -0.1) is 0 Å². The maximum absolute atomic E-state index is 3.67. The third kappa shape index (κ3) is 3.61. The molecule has 0 aromatic carbocycles. The van der Waals surface area contributed by atoms with Crippen LogP contribution < -0.4 is 0 Å². The second-order valence-corrected chi connectivity index (χ2v) is 3.43. The van der Waals surface area contributed by atoms with E-state index in [1.165, 1.54) is 30.4 Å². The molecule has 0 heterocycles. The van der Waals surface area contributed by atoms with Crippen molar-refractivity contribution in [2.45, 2.75) is 26.2 Å². The van der Waals surface area contributed by atoms with E-state index in [-0.39, 0.29) is 0 Å². The summed E-state index contributed by atoms with van der Waals surface area (Å²) in [6.07, 6.45) is 18.3. The second-order valence-electron chi connectivity index (χ2n) is 3.43. The maximum Gasteiger partial charge on any atom is -0.0276 e. The molecule has 0 aromatic rings. The molecule has 74 valence electrons. The molecule has 0 aromatic heterocycles. The van der Waals surface area contributed by atoms with Crippen molar-refractivity contribution < 1.29 is 0 Å². The molecule has 0 unspecified atom stereocenters. The van der Waals surface area contributed by atoms with Crippen molar-refractivity contribution in [2.75, 3.05) is 0 Å². The summed E-state index contributed by atoms with van der Waals surface area (Å²) in [5, 5.41) is 0. The minimum atomic E-state index is 1.19. The van der Waals surface area contributed by atoms with Gasteiger partial charge in [-0.25, -0.2) is 0 Å². The van der Waals surface area contributed by atoms with Gasteiger partial charge in [0.2, 0.25) is 0 Å². The summed E-state index contributed by atoms with van der Waals surface area (Å²) >= 11 is 0. The lowest BCUT2D eigenvalue weighted by molar-refractivity contribution is 0.798. The van der Waals surface area contributed by atoms with Crippen LogP contribution in [0.5, 0.6) is 0 Å². The summed E-state index contributed by atoms with van der Waals surface area (Å²) in [5.74, 6) is 0. The van der Waals surface area contributed by atoms with Crippen molar-refractivity contribution in [3.63, 3.8) is 0 Å². The third-order valence-corrected chi connectivity index (χ3v) is 2.25. The fraction of sp³-hybridized carbons (Fsp3) is 0.286. The van der Waals surface area contributed by atoms with E-state index in [4.69, 9.17) is 0 Å². The third-order valence-electron chi connectivity index (χ3n) is 2.25. The van der Waals surface area contributed by atoms with Gasteiger partial charge in [-0.05, 0) is 37.3 Å². The predicted molar refractivity (Wildman–Crippen MR) is 64.2 cm³/mol. The van der Waals surface area contributed by atoms with Gasteiger partial charge in [0.15, 0.2) is 0 Å². The molecule has 1 aliphatic rings. The summed E-state index contributed by atoms with van der Waals surface area (Å²) in [5.41, 5.74) is 2.84. The lowest BCUT2D eigenvalue weighted by Crippen LogP contribution is -1.92. The standard InChI is InChI=1S/C14H18/c1-3-5-8-13-10-7-11-14(12-13)9-6-4-2/h3-6,8-9,12H,1,7,10-11H2,2H3/b6-4+,8-5+,14-9+. The zero-order valence-corrected chi connectivity index (χ0v) is 8.87. The van der Waals surface area contributed by atoms with E-state index in [2.05, 4.69) is 37.0 Å². The van der Waals surface area contributed by atoms with Crippen molar-refractivity contribution in [3.8, 4) is 0 Å². The van der Waals surface area contributed by atoms with Gasteiger partial charge in [0.05, 0.1) is 0 Å². The molecule has 0 saturated heterocycles. The predicted octanol–water partition coefficient (Wildman–Crippen LogP) is 4.34. The van der Waals surface area contributed by atoms with Crippen molar-refractivity contribution in [3.05, 3.63) is 60.3 Å². The topological polar surface area (TPSA) is 0 Å². The highest BCUT2D eigenvalue weighted by Crippen LogP contribution is 2.22. The van der Waals surface area contributed by atoms with Crippen LogP contribution in [0.1, 0.15) is 26.2 Å². The first-order chi connectivity index (χ1) is 6.86. The normalized spacial score (nSPS) is 20.6. The lowest BCUT2D eigenvalue weighted by atomic mass is 9.94. The Morgan fingerprint density at radius 2 is 2.14 bits per heavy atom. The Balaban J connectivity index is 2.72. The number of hydrogen-bond acceptors (Lipinski definition) is 0. The number of rotatable bonds is 3. The Bertz CT molecular complexity index is 298. The zero-order chi connectivity index (χ0) is 10.2. The van der Waals surface area contributed by atoms with E-state index < -0.39 is 0 Å². The Morgan fingerprint density at radius 1 is 1.29 bits per heavy atom. The molecular formula is C14H18. The Labute approximate surface area is 87.0 Å². The summed E-state index contributed by atoms with van der Waals surface area (Å²) in [7, 11) is 0. The van der Waals surface area contributed by atoms with Crippen LogP contribution in [0.4, 0.5) is 0 Å². The van der Waals surface area contributed by atoms with Crippen LogP contribution >= 0.6 is 0 Å². The molecule has 0 amide bonds. The van der Waals surface area contributed by atoms with Crippen LogP contribution in [0.3, 0.4) is 0 Å². The molecule has 1 aliphatic carbocycles. The molecule has 0 atom stereocenters. The quantitative estimate of drug-likeness (QED) is 0.575. The molecule has 0 aliphatic heterocycles. The number of hydrogen-bond donors (Lipinski definition) is 0. The smallest absolute Gasteiger partial charge is 0.0276 e. The summed E-state index contributed by atoms with van der Waals surface area (Å²) < 4.78 is 0. The van der Waals surface area contributed by atoms with Crippen LogP contribution in [0, 0.1) is 0 Å². The highest BCUT2D eigenvalue weighted by Gasteiger charge is 2.03. The first-order valence-electron chi connectivity index (χ1n) is 5.18. The maximum atomic E-state index is 3.67. The Hall–Kier alpha value is -1.30.